The molecule has 4 heterocycles. The molecule has 196 valence electrons. The van der Waals surface area contributed by atoms with Crippen molar-refractivity contribution in [1.82, 2.24) is 19.7 Å². The van der Waals surface area contributed by atoms with E-state index in [1.165, 1.54) is 16.7 Å². The number of aromatic nitrogens is 1. The number of ether oxygens (including phenoxy) is 1. The minimum atomic E-state index is 0.810. The van der Waals surface area contributed by atoms with Crippen LogP contribution in [-0.4, -0.2) is 85.3 Å². The van der Waals surface area contributed by atoms with E-state index in [9.17, 15) is 5.26 Å². The van der Waals surface area contributed by atoms with E-state index < -0.39 is 0 Å². The number of rotatable bonds is 8. The average Bonchev–Trinajstić information content (AvgIpc) is 2.93. The highest BCUT2D eigenvalue weighted by atomic mass is 16.5. The lowest BCUT2D eigenvalue weighted by Gasteiger charge is -2.39. The summed E-state index contributed by atoms with van der Waals surface area (Å²) in [7, 11) is 0. The van der Waals surface area contributed by atoms with Crippen molar-refractivity contribution in [2.24, 2.45) is 0 Å². The molecule has 3 aliphatic heterocycles. The molecule has 0 saturated carbocycles. The molecule has 0 amide bonds. The van der Waals surface area contributed by atoms with Crippen LogP contribution in [0.25, 0.3) is 0 Å². The summed E-state index contributed by atoms with van der Waals surface area (Å²) in [4.78, 5) is 15.0. The largest absolute Gasteiger partial charge is 0.379 e. The van der Waals surface area contributed by atoms with Crippen molar-refractivity contribution in [2.75, 3.05) is 70.5 Å². The third-order valence-corrected chi connectivity index (χ3v) is 8.00. The fraction of sp³-hybridized carbons (Fsp3) is 0.533. The molecule has 0 aliphatic carbocycles. The van der Waals surface area contributed by atoms with Crippen molar-refractivity contribution in [3.8, 4) is 6.07 Å². The second kappa shape index (κ2) is 12.1. The SMILES string of the molecule is C=C(C)N1CCN(c2nc(CCCN3CCOCC3)c(C#N)c3c2CCN(Cc2ccccc2)C3)CC1. The molecule has 7 heteroatoms. The second-order valence-electron chi connectivity index (χ2n) is 10.5. The average molecular weight is 501 g/mol. The number of nitrogens with zero attached hydrogens (tertiary/aromatic N) is 6. The van der Waals surface area contributed by atoms with Crippen LogP contribution >= 0.6 is 0 Å². The number of piperazine rings is 1. The highest BCUT2D eigenvalue weighted by Crippen LogP contribution is 2.33. The number of hydrogen-bond donors (Lipinski definition) is 0. The Labute approximate surface area is 221 Å². The van der Waals surface area contributed by atoms with E-state index in [0.29, 0.717) is 0 Å². The van der Waals surface area contributed by atoms with Crippen LogP contribution in [0.15, 0.2) is 42.6 Å². The molecule has 0 unspecified atom stereocenters. The second-order valence-corrected chi connectivity index (χ2v) is 10.5. The van der Waals surface area contributed by atoms with Crippen LogP contribution in [0.4, 0.5) is 5.82 Å². The molecule has 2 aromatic rings. The van der Waals surface area contributed by atoms with E-state index >= 15 is 0 Å². The first kappa shape index (κ1) is 25.7. The third-order valence-electron chi connectivity index (χ3n) is 8.00. The highest BCUT2D eigenvalue weighted by molar-refractivity contribution is 5.59. The van der Waals surface area contributed by atoms with E-state index in [2.05, 4.69) is 69.5 Å². The number of morpholine rings is 1. The maximum atomic E-state index is 10.3. The van der Waals surface area contributed by atoms with Crippen molar-refractivity contribution < 1.29 is 4.74 Å². The molecular formula is C30H40N6O. The lowest BCUT2D eigenvalue weighted by Crippen LogP contribution is -2.46. The number of fused-ring (bicyclic) bond motifs is 1. The van der Waals surface area contributed by atoms with Gasteiger partial charge in [0.2, 0.25) is 0 Å². The van der Waals surface area contributed by atoms with Crippen LogP contribution in [0, 0.1) is 11.3 Å². The van der Waals surface area contributed by atoms with Gasteiger partial charge >= 0.3 is 0 Å². The third kappa shape index (κ3) is 6.15. The van der Waals surface area contributed by atoms with Crippen LogP contribution < -0.4 is 4.90 Å². The maximum absolute atomic E-state index is 10.3. The van der Waals surface area contributed by atoms with Gasteiger partial charge in [0.1, 0.15) is 11.9 Å². The molecular weight excluding hydrogens is 460 g/mol. The van der Waals surface area contributed by atoms with Crippen LogP contribution in [0.5, 0.6) is 0 Å². The van der Waals surface area contributed by atoms with Gasteiger partial charge in [-0.05, 0) is 43.9 Å². The van der Waals surface area contributed by atoms with E-state index in [1.54, 1.807) is 0 Å². The standard InChI is InChI=1S/C30H40N6O/c1-24(2)35-13-15-36(16-14-35)30-26-10-12-34(22-25-7-4-3-5-8-25)23-28(26)27(21-31)29(32-30)9-6-11-33-17-19-37-20-18-33/h3-5,7-8H,1,6,9-20,22-23H2,2H3. The van der Waals surface area contributed by atoms with E-state index in [-0.39, 0.29) is 0 Å². The molecule has 1 aromatic carbocycles. The first-order valence-electron chi connectivity index (χ1n) is 13.8. The maximum Gasteiger partial charge on any atom is 0.132 e. The fourth-order valence-corrected chi connectivity index (χ4v) is 5.87. The van der Waals surface area contributed by atoms with Crippen LogP contribution in [0.1, 0.15) is 41.3 Å². The molecule has 7 nitrogen and oxygen atoms in total. The van der Waals surface area contributed by atoms with Gasteiger partial charge in [-0.1, -0.05) is 36.9 Å². The topological polar surface area (TPSA) is 58.9 Å². The van der Waals surface area contributed by atoms with Crippen molar-refractivity contribution in [1.29, 1.82) is 5.26 Å². The molecule has 0 spiro atoms. The highest BCUT2D eigenvalue weighted by Gasteiger charge is 2.29. The van der Waals surface area contributed by atoms with Crippen molar-refractivity contribution in [2.45, 2.75) is 39.3 Å². The Bertz CT molecular complexity index is 1110. The van der Waals surface area contributed by atoms with Crippen LogP contribution in [0.3, 0.4) is 0 Å². The normalized spacial score (nSPS) is 18.9. The predicted molar refractivity (Wildman–Crippen MR) is 147 cm³/mol. The Balaban J connectivity index is 1.40. The Morgan fingerprint density at radius 1 is 1.00 bits per heavy atom. The number of aryl methyl sites for hydroxylation is 1. The summed E-state index contributed by atoms with van der Waals surface area (Å²) in [5.74, 6) is 1.12. The molecule has 2 fully saturated rings. The number of benzene rings is 1. The van der Waals surface area contributed by atoms with Gasteiger partial charge in [0.15, 0.2) is 0 Å². The molecule has 5 rings (SSSR count). The zero-order valence-corrected chi connectivity index (χ0v) is 22.3. The summed E-state index contributed by atoms with van der Waals surface area (Å²) in [5.41, 5.74) is 6.75. The number of allylic oxidation sites excluding steroid dienone is 1. The summed E-state index contributed by atoms with van der Waals surface area (Å²) in [6, 6.07) is 13.2. The van der Waals surface area contributed by atoms with Gasteiger partial charge in [-0.25, -0.2) is 4.98 Å². The molecule has 37 heavy (non-hydrogen) atoms. The molecule has 0 atom stereocenters. The zero-order chi connectivity index (χ0) is 25.6. The fourth-order valence-electron chi connectivity index (χ4n) is 5.87. The van der Waals surface area contributed by atoms with Crippen molar-refractivity contribution in [3.63, 3.8) is 0 Å². The van der Waals surface area contributed by atoms with E-state index in [4.69, 9.17) is 9.72 Å². The Hall–Kier alpha value is -2.92. The van der Waals surface area contributed by atoms with Gasteiger partial charge in [0.05, 0.1) is 24.5 Å². The van der Waals surface area contributed by atoms with Gasteiger partial charge in [-0.3, -0.25) is 9.80 Å². The minimum Gasteiger partial charge on any atom is -0.379 e. The summed E-state index contributed by atoms with van der Waals surface area (Å²) in [5, 5.41) is 10.3. The Morgan fingerprint density at radius 3 is 2.46 bits per heavy atom. The first-order valence-corrected chi connectivity index (χ1v) is 13.8. The van der Waals surface area contributed by atoms with Gasteiger partial charge in [0, 0.05) is 70.2 Å². The molecule has 2 saturated heterocycles. The molecule has 1 aromatic heterocycles. The minimum absolute atomic E-state index is 0.810. The monoisotopic (exact) mass is 500 g/mol. The summed E-state index contributed by atoms with van der Waals surface area (Å²) in [6.07, 6.45) is 2.79. The summed E-state index contributed by atoms with van der Waals surface area (Å²) < 4.78 is 5.50. The van der Waals surface area contributed by atoms with Crippen LogP contribution in [0.2, 0.25) is 0 Å². The number of anilines is 1. The smallest absolute Gasteiger partial charge is 0.132 e. The van der Waals surface area contributed by atoms with Gasteiger partial charge in [0.25, 0.3) is 0 Å². The van der Waals surface area contributed by atoms with Crippen LogP contribution in [-0.2, 0) is 30.7 Å². The molecule has 0 N–H and O–H groups in total. The van der Waals surface area contributed by atoms with E-state index in [1.807, 2.05) is 0 Å². The summed E-state index contributed by atoms with van der Waals surface area (Å²) in [6.45, 7) is 17.4. The number of nitriles is 1. The number of hydrogen-bond acceptors (Lipinski definition) is 7. The molecule has 0 radical (unpaired) electrons. The van der Waals surface area contributed by atoms with Gasteiger partial charge in [-0.15, -0.1) is 0 Å². The Kier molecular flexibility index (Phi) is 8.40. The first-order chi connectivity index (χ1) is 18.1. The van der Waals surface area contributed by atoms with Gasteiger partial charge < -0.3 is 14.5 Å². The lowest BCUT2D eigenvalue weighted by molar-refractivity contribution is 0.0374. The quantitative estimate of drug-likeness (QED) is 0.550. The Morgan fingerprint density at radius 2 is 1.76 bits per heavy atom. The summed E-state index contributed by atoms with van der Waals surface area (Å²) >= 11 is 0. The molecule has 3 aliphatic rings. The van der Waals surface area contributed by atoms with Gasteiger partial charge in [-0.2, -0.15) is 5.26 Å². The molecule has 0 bridgehead atoms. The van der Waals surface area contributed by atoms with Crippen molar-refractivity contribution in [3.05, 3.63) is 70.6 Å². The lowest BCUT2D eigenvalue weighted by atomic mass is 9.92. The zero-order valence-electron chi connectivity index (χ0n) is 22.3. The van der Waals surface area contributed by atoms with Crippen molar-refractivity contribution >= 4 is 5.82 Å². The number of pyridine rings is 1. The predicted octanol–water partition coefficient (Wildman–Crippen LogP) is 3.43. The van der Waals surface area contributed by atoms with E-state index in [0.717, 1.165) is 121 Å².